The monoisotopic (exact) mass is 233 g/mol. The highest BCUT2D eigenvalue weighted by Crippen LogP contribution is 2.32. The lowest BCUT2D eigenvalue weighted by Gasteiger charge is -2.32. The molecule has 1 nitrogen and oxygen atoms in total. The minimum absolute atomic E-state index is 0.252. The van der Waals surface area contributed by atoms with Gasteiger partial charge in [-0.05, 0) is 29.5 Å². The predicted molar refractivity (Wildman–Crippen MR) is 76.3 cm³/mol. The summed E-state index contributed by atoms with van der Waals surface area (Å²) < 4.78 is 0. The van der Waals surface area contributed by atoms with Gasteiger partial charge in [0.2, 0.25) is 0 Å². The molecule has 1 N–H and O–H groups in total. The van der Waals surface area contributed by atoms with E-state index >= 15 is 0 Å². The molecule has 0 heterocycles. The molecular formula is C16H27N. The van der Waals surface area contributed by atoms with Crippen LogP contribution in [0.2, 0.25) is 0 Å². The van der Waals surface area contributed by atoms with E-state index in [0.717, 1.165) is 6.54 Å². The molecule has 1 unspecified atom stereocenters. The Morgan fingerprint density at radius 3 is 2.06 bits per heavy atom. The maximum atomic E-state index is 3.59. The van der Waals surface area contributed by atoms with Crippen LogP contribution in [-0.4, -0.2) is 6.54 Å². The quantitative estimate of drug-likeness (QED) is 0.798. The van der Waals surface area contributed by atoms with Crippen molar-refractivity contribution in [2.75, 3.05) is 6.54 Å². The first-order valence-electron chi connectivity index (χ1n) is 6.81. The molecule has 0 saturated carbocycles. The van der Waals surface area contributed by atoms with Crippen molar-refractivity contribution in [1.82, 2.24) is 5.32 Å². The van der Waals surface area contributed by atoms with Crippen LogP contribution in [0.5, 0.6) is 0 Å². The van der Waals surface area contributed by atoms with Gasteiger partial charge < -0.3 is 5.32 Å². The summed E-state index contributed by atoms with van der Waals surface area (Å²) in [4.78, 5) is 0. The van der Waals surface area contributed by atoms with Crippen LogP contribution in [0.3, 0.4) is 0 Å². The second-order valence-corrected chi connectivity index (χ2v) is 5.85. The second-order valence-electron chi connectivity index (χ2n) is 5.85. The Kier molecular flexibility index (Phi) is 5.20. The first kappa shape index (κ1) is 14.2. The van der Waals surface area contributed by atoms with Crippen LogP contribution in [0.4, 0.5) is 0 Å². The maximum Gasteiger partial charge on any atom is 0.0369 e. The van der Waals surface area contributed by atoms with Crippen LogP contribution in [0.25, 0.3) is 0 Å². The summed E-state index contributed by atoms with van der Waals surface area (Å²) in [5, 5.41) is 3.59. The lowest BCUT2D eigenvalue weighted by atomic mass is 9.82. The van der Waals surface area contributed by atoms with E-state index in [0.29, 0.717) is 6.04 Å². The van der Waals surface area contributed by atoms with Crippen LogP contribution >= 0.6 is 0 Å². The zero-order valence-corrected chi connectivity index (χ0v) is 12.0. The molecule has 0 amide bonds. The van der Waals surface area contributed by atoms with Gasteiger partial charge in [0.25, 0.3) is 0 Å². The molecule has 1 atom stereocenters. The molecule has 17 heavy (non-hydrogen) atoms. The Morgan fingerprint density at radius 2 is 1.65 bits per heavy atom. The third kappa shape index (κ3) is 4.16. The number of rotatable bonds is 5. The van der Waals surface area contributed by atoms with Crippen molar-refractivity contribution >= 4 is 0 Å². The van der Waals surface area contributed by atoms with Crippen LogP contribution < -0.4 is 5.32 Å². The van der Waals surface area contributed by atoms with Gasteiger partial charge in [-0.15, -0.1) is 0 Å². The fourth-order valence-electron chi connectivity index (χ4n) is 2.29. The Labute approximate surface area is 107 Å². The van der Waals surface area contributed by atoms with E-state index in [1.807, 2.05) is 0 Å². The van der Waals surface area contributed by atoms with E-state index in [4.69, 9.17) is 0 Å². The van der Waals surface area contributed by atoms with Gasteiger partial charge in [-0.3, -0.25) is 0 Å². The average molecular weight is 233 g/mol. The number of hydrogen-bond donors (Lipinski definition) is 1. The van der Waals surface area contributed by atoms with Crippen molar-refractivity contribution < 1.29 is 0 Å². The van der Waals surface area contributed by atoms with E-state index < -0.39 is 0 Å². The van der Waals surface area contributed by atoms with Gasteiger partial charge in [0.1, 0.15) is 0 Å². The molecule has 96 valence electrons. The van der Waals surface area contributed by atoms with E-state index in [1.54, 1.807) is 0 Å². The third-order valence-electron chi connectivity index (χ3n) is 3.13. The molecule has 0 aliphatic rings. The van der Waals surface area contributed by atoms with E-state index in [1.165, 1.54) is 24.0 Å². The van der Waals surface area contributed by atoms with Gasteiger partial charge in [-0.2, -0.15) is 0 Å². The average Bonchev–Trinajstić information content (AvgIpc) is 2.26. The molecule has 1 rings (SSSR count). The smallest absolute Gasteiger partial charge is 0.0369 e. The van der Waals surface area contributed by atoms with Crippen molar-refractivity contribution in [3.8, 4) is 0 Å². The Hall–Kier alpha value is -0.820. The molecule has 1 aromatic rings. The molecule has 1 aromatic carbocycles. The molecule has 0 radical (unpaired) electrons. The summed E-state index contributed by atoms with van der Waals surface area (Å²) in [6.45, 7) is 12.3. The maximum absolute atomic E-state index is 3.59. The number of benzene rings is 1. The van der Waals surface area contributed by atoms with Crippen molar-refractivity contribution in [2.45, 2.75) is 53.5 Å². The molecule has 0 bridgehead atoms. The van der Waals surface area contributed by atoms with Crippen LogP contribution in [0, 0.1) is 5.41 Å². The molecule has 0 saturated heterocycles. The lowest BCUT2D eigenvalue weighted by molar-refractivity contribution is 0.277. The van der Waals surface area contributed by atoms with Crippen LogP contribution in [0.1, 0.15) is 58.2 Å². The molecule has 0 spiro atoms. The van der Waals surface area contributed by atoms with Crippen molar-refractivity contribution in [3.05, 3.63) is 35.4 Å². The summed E-state index contributed by atoms with van der Waals surface area (Å²) in [6.07, 6.45) is 2.40. The summed E-state index contributed by atoms with van der Waals surface area (Å²) >= 11 is 0. The van der Waals surface area contributed by atoms with Crippen LogP contribution in [-0.2, 0) is 6.42 Å². The first-order chi connectivity index (χ1) is 7.99. The number of aryl methyl sites for hydroxylation is 1. The topological polar surface area (TPSA) is 12.0 Å². The number of hydrogen-bond acceptors (Lipinski definition) is 1. The highest BCUT2D eigenvalue weighted by atomic mass is 14.9. The third-order valence-corrected chi connectivity index (χ3v) is 3.13. The standard InChI is InChI=1S/C16H27N/c1-6-8-13-9-11-14(12-10-13)15(17-7-2)16(3,4)5/h9-12,15,17H,6-8H2,1-5H3. The summed E-state index contributed by atoms with van der Waals surface area (Å²) in [5.74, 6) is 0. The summed E-state index contributed by atoms with van der Waals surface area (Å²) in [7, 11) is 0. The van der Waals surface area contributed by atoms with Crippen molar-refractivity contribution in [1.29, 1.82) is 0 Å². The SMILES string of the molecule is CCCc1ccc(C(NCC)C(C)(C)C)cc1. The highest BCUT2D eigenvalue weighted by molar-refractivity contribution is 5.26. The Balaban J connectivity index is 2.87. The summed E-state index contributed by atoms with van der Waals surface area (Å²) in [5.41, 5.74) is 3.10. The Bertz CT molecular complexity index is 318. The molecule has 0 aliphatic carbocycles. The zero-order chi connectivity index (χ0) is 12.9. The minimum Gasteiger partial charge on any atom is -0.310 e. The van der Waals surface area contributed by atoms with E-state index in [-0.39, 0.29) is 5.41 Å². The molecule has 0 fully saturated rings. The fourth-order valence-corrected chi connectivity index (χ4v) is 2.29. The van der Waals surface area contributed by atoms with Gasteiger partial charge in [0.15, 0.2) is 0 Å². The van der Waals surface area contributed by atoms with Crippen LogP contribution in [0.15, 0.2) is 24.3 Å². The van der Waals surface area contributed by atoms with Gasteiger partial charge in [-0.1, -0.05) is 65.3 Å². The number of nitrogens with one attached hydrogen (secondary N) is 1. The van der Waals surface area contributed by atoms with Crippen molar-refractivity contribution in [3.63, 3.8) is 0 Å². The Morgan fingerprint density at radius 1 is 1.06 bits per heavy atom. The minimum atomic E-state index is 0.252. The molecule has 0 aromatic heterocycles. The highest BCUT2D eigenvalue weighted by Gasteiger charge is 2.24. The first-order valence-corrected chi connectivity index (χ1v) is 6.81. The van der Waals surface area contributed by atoms with E-state index in [9.17, 15) is 0 Å². The van der Waals surface area contributed by atoms with Gasteiger partial charge in [0, 0.05) is 6.04 Å². The van der Waals surface area contributed by atoms with E-state index in [2.05, 4.69) is 64.2 Å². The fraction of sp³-hybridized carbons (Fsp3) is 0.625. The molecule has 1 heteroatoms. The van der Waals surface area contributed by atoms with Gasteiger partial charge in [0.05, 0.1) is 0 Å². The normalized spacial score (nSPS) is 13.7. The lowest BCUT2D eigenvalue weighted by Crippen LogP contribution is -2.32. The van der Waals surface area contributed by atoms with Gasteiger partial charge >= 0.3 is 0 Å². The van der Waals surface area contributed by atoms with Crippen molar-refractivity contribution in [2.24, 2.45) is 5.41 Å². The predicted octanol–water partition coefficient (Wildman–Crippen LogP) is 4.34. The zero-order valence-electron chi connectivity index (χ0n) is 12.0. The van der Waals surface area contributed by atoms with Gasteiger partial charge in [-0.25, -0.2) is 0 Å². The largest absolute Gasteiger partial charge is 0.310 e. The second kappa shape index (κ2) is 6.20. The summed E-state index contributed by atoms with van der Waals surface area (Å²) in [6, 6.07) is 9.54. The molecule has 0 aliphatic heterocycles. The molecular weight excluding hydrogens is 206 g/mol.